The van der Waals surface area contributed by atoms with Gasteiger partial charge in [0.15, 0.2) is 0 Å². The Morgan fingerprint density at radius 3 is 2.44 bits per heavy atom. The van der Waals surface area contributed by atoms with Crippen molar-refractivity contribution in [2.75, 3.05) is 13.2 Å². The van der Waals surface area contributed by atoms with E-state index in [1.54, 1.807) is 6.92 Å². The Hall–Kier alpha value is -1.50. The van der Waals surface area contributed by atoms with E-state index in [1.807, 2.05) is 0 Å². The van der Waals surface area contributed by atoms with Crippen molar-refractivity contribution in [1.29, 1.82) is 0 Å². The van der Waals surface area contributed by atoms with Crippen molar-refractivity contribution in [2.24, 2.45) is 5.92 Å². The fourth-order valence-electron chi connectivity index (χ4n) is 3.28. The van der Waals surface area contributed by atoms with Crippen LogP contribution in [0.15, 0.2) is 0 Å². The van der Waals surface area contributed by atoms with Gasteiger partial charge in [-0.1, -0.05) is 6.92 Å². The van der Waals surface area contributed by atoms with E-state index in [0.717, 1.165) is 0 Å². The second-order valence-corrected chi connectivity index (χ2v) is 5.07. The van der Waals surface area contributed by atoms with Crippen LogP contribution in [0.5, 0.6) is 0 Å². The molecule has 2 saturated heterocycles. The summed E-state index contributed by atoms with van der Waals surface area (Å²) in [4.78, 5) is 25.2. The van der Waals surface area contributed by atoms with Gasteiger partial charge in [0.2, 0.25) is 0 Å². The zero-order valence-corrected chi connectivity index (χ0v) is 10.2. The molecule has 2 aliphatic heterocycles. The number of piperazine rings is 1. The Morgan fingerprint density at radius 1 is 1.28 bits per heavy atom. The maximum absolute atomic E-state index is 11.3. The first-order valence-corrected chi connectivity index (χ1v) is 6.09. The molecule has 0 spiro atoms. The fourth-order valence-corrected chi connectivity index (χ4v) is 3.28. The summed E-state index contributed by atoms with van der Waals surface area (Å²) in [5.41, 5.74) is 0. The number of fused-ring (bicyclic) bond motifs is 2. The largest absolute Gasteiger partial charge is 0.465 e. The van der Waals surface area contributed by atoms with Crippen molar-refractivity contribution in [1.82, 2.24) is 9.80 Å². The molecule has 2 bridgehead atoms. The highest BCUT2D eigenvalue weighted by Crippen LogP contribution is 2.37. The minimum absolute atomic E-state index is 0.150. The summed E-state index contributed by atoms with van der Waals surface area (Å²) in [5, 5.41) is 27.7. The predicted octanol–water partition coefficient (Wildman–Crippen LogP) is 0.488. The van der Waals surface area contributed by atoms with Crippen molar-refractivity contribution in [3.63, 3.8) is 0 Å². The molecule has 0 saturated carbocycles. The van der Waals surface area contributed by atoms with Gasteiger partial charge < -0.3 is 20.2 Å². The Bertz CT molecular complexity index is 361. The topological polar surface area (TPSA) is 101 Å². The summed E-state index contributed by atoms with van der Waals surface area (Å²) in [6.07, 6.45) is -0.685. The number of hydrogen-bond donors (Lipinski definition) is 3. The molecule has 2 aliphatic rings. The Kier molecular flexibility index (Phi) is 3.34. The average molecular weight is 258 g/mol. The first-order valence-electron chi connectivity index (χ1n) is 6.09. The zero-order valence-electron chi connectivity index (χ0n) is 10.2. The number of rotatable bonds is 2. The van der Waals surface area contributed by atoms with Crippen molar-refractivity contribution in [3.8, 4) is 0 Å². The van der Waals surface area contributed by atoms with Gasteiger partial charge in [-0.25, -0.2) is 9.59 Å². The van der Waals surface area contributed by atoms with Crippen LogP contribution in [0.1, 0.15) is 19.8 Å². The van der Waals surface area contributed by atoms with Gasteiger partial charge in [-0.2, -0.15) is 0 Å². The molecule has 2 amide bonds. The van der Waals surface area contributed by atoms with E-state index in [4.69, 9.17) is 0 Å². The molecule has 0 radical (unpaired) electrons. The number of hydrogen-bond acceptors (Lipinski definition) is 3. The van der Waals surface area contributed by atoms with Crippen LogP contribution in [0.4, 0.5) is 9.59 Å². The minimum atomic E-state index is -1.04. The van der Waals surface area contributed by atoms with Crippen molar-refractivity contribution in [2.45, 2.75) is 37.9 Å². The van der Waals surface area contributed by atoms with Gasteiger partial charge in [0.1, 0.15) is 0 Å². The van der Waals surface area contributed by atoms with Crippen molar-refractivity contribution >= 4 is 12.2 Å². The number of nitrogens with zero attached hydrogens (tertiary/aromatic N) is 2. The standard InChI is InChI=1S/C11H18N2O5/c1-6(5-14)9-8-3-2-7(13(8)11(17)18)4-12(9)10(15)16/h6-9,14H,2-5H2,1H3,(H,15,16)(H,17,18)/t6-,7-,8+,9+/m1/s1. The van der Waals surface area contributed by atoms with Crippen molar-refractivity contribution < 1.29 is 24.9 Å². The van der Waals surface area contributed by atoms with Gasteiger partial charge in [0, 0.05) is 19.1 Å². The summed E-state index contributed by atoms with van der Waals surface area (Å²) in [6, 6.07) is -1.03. The average Bonchev–Trinajstić information content (AvgIpc) is 2.63. The fraction of sp³-hybridized carbons (Fsp3) is 0.818. The molecule has 0 unspecified atom stereocenters. The maximum atomic E-state index is 11.3. The van der Waals surface area contributed by atoms with E-state index in [9.17, 15) is 24.9 Å². The highest BCUT2D eigenvalue weighted by molar-refractivity contribution is 5.70. The molecule has 0 aromatic rings. The second kappa shape index (κ2) is 4.64. The lowest BCUT2D eigenvalue weighted by molar-refractivity contribution is -0.00329. The molecule has 2 heterocycles. The van der Waals surface area contributed by atoms with Crippen LogP contribution in [0.25, 0.3) is 0 Å². The molecule has 2 fully saturated rings. The molecular weight excluding hydrogens is 240 g/mol. The van der Waals surface area contributed by atoms with Gasteiger partial charge in [-0.05, 0) is 12.8 Å². The normalized spacial score (nSPS) is 32.4. The van der Waals surface area contributed by atoms with Crippen LogP contribution in [-0.4, -0.2) is 68.6 Å². The molecule has 2 rings (SSSR count). The first-order chi connectivity index (χ1) is 8.47. The molecule has 18 heavy (non-hydrogen) atoms. The van der Waals surface area contributed by atoms with Crippen molar-refractivity contribution in [3.05, 3.63) is 0 Å². The molecule has 0 aromatic carbocycles. The van der Waals surface area contributed by atoms with Crippen LogP contribution >= 0.6 is 0 Å². The quantitative estimate of drug-likeness (QED) is 0.669. The smallest absolute Gasteiger partial charge is 0.407 e. The van der Waals surface area contributed by atoms with Crippen LogP contribution in [0, 0.1) is 5.92 Å². The number of carboxylic acid groups (broad SMARTS) is 2. The number of aliphatic hydroxyl groups excluding tert-OH is 1. The van der Waals surface area contributed by atoms with Crippen LogP contribution < -0.4 is 0 Å². The lowest BCUT2D eigenvalue weighted by Gasteiger charge is -2.46. The third kappa shape index (κ3) is 1.88. The zero-order chi connectivity index (χ0) is 13.4. The lowest BCUT2D eigenvalue weighted by Crippen LogP contribution is -2.64. The third-order valence-electron chi connectivity index (χ3n) is 4.05. The SMILES string of the molecule is C[C@H](CO)[C@H]1[C@@H]2CC[C@H](CN1C(=O)O)N2C(=O)O. The molecule has 0 aliphatic carbocycles. The summed E-state index contributed by atoms with van der Waals surface area (Å²) in [7, 11) is 0. The molecule has 102 valence electrons. The summed E-state index contributed by atoms with van der Waals surface area (Å²) >= 11 is 0. The summed E-state index contributed by atoms with van der Waals surface area (Å²) in [5.74, 6) is -0.271. The second-order valence-electron chi connectivity index (χ2n) is 5.07. The number of carbonyl (C=O) groups is 2. The molecular formula is C11H18N2O5. The van der Waals surface area contributed by atoms with Crippen LogP contribution in [0.2, 0.25) is 0 Å². The Balaban J connectivity index is 2.30. The van der Waals surface area contributed by atoms with Gasteiger partial charge >= 0.3 is 12.2 Å². The van der Waals surface area contributed by atoms with Gasteiger partial charge in [0.05, 0.1) is 18.1 Å². The number of amides is 2. The van der Waals surface area contributed by atoms with Gasteiger partial charge in [-0.15, -0.1) is 0 Å². The molecule has 7 heteroatoms. The van der Waals surface area contributed by atoms with E-state index < -0.39 is 18.2 Å². The van der Waals surface area contributed by atoms with E-state index in [2.05, 4.69) is 0 Å². The molecule has 7 nitrogen and oxygen atoms in total. The van der Waals surface area contributed by atoms with E-state index in [0.29, 0.717) is 12.8 Å². The lowest BCUT2D eigenvalue weighted by atomic mass is 9.91. The van der Waals surface area contributed by atoms with Gasteiger partial charge in [0.25, 0.3) is 0 Å². The predicted molar refractivity (Wildman–Crippen MR) is 61.4 cm³/mol. The van der Waals surface area contributed by atoms with E-state index in [-0.39, 0.29) is 31.2 Å². The number of aliphatic hydroxyl groups is 1. The van der Waals surface area contributed by atoms with E-state index >= 15 is 0 Å². The summed E-state index contributed by atoms with van der Waals surface area (Å²) < 4.78 is 0. The monoisotopic (exact) mass is 258 g/mol. The third-order valence-corrected chi connectivity index (χ3v) is 4.05. The van der Waals surface area contributed by atoms with E-state index in [1.165, 1.54) is 9.80 Å². The summed E-state index contributed by atoms with van der Waals surface area (Å²) in [6.45, 7) is 1.80. The van der Waals surface area contributed by atoms with Crippen LogP contribution in [-0.2, 0) is 0 Å². The highest BCUT2D eigenvalue weighted by atomic mass is 16.4. The number of likely N-dealkylation sites (tertiary alicyclic amines) is 1. The maximum Gasteiger partial charge on any atom is 0.407 e. The molecule has 4 atom stereocenters. The molecule has 0 aromatic heterocycles. The van der Waals surface area contributed by atoms with Gasteiger partial charge in [-0.3, -0.25) is 4.90 Å². The molecule has 3 N–H and O–H groups in total. The first kappa shape index (κ1) is 12.9. The highest BCUT2D eigenvalue weighted by Gasteiger charge is 2.51. The Morgan fingerprint density at radius 2 is 1.94 bits per heavy atom. The minimum Gasteiger partial charge on any atom is -0.465 e. The van der Waals surface area contributed by atoms with Crippen LogP contribution in [0.3, 0.4) is 0 Å². The Labute approximate surface area is 105 Å².